The highest BCUT2D eigenvalue weighted by Crippen LogP contribution is 2.24. The van der Waals surface area contributed by atoms with Gasteiger partial charge in [-0.1, -0.05) is 207 Å². The number of ether oxygens (including phenoxy) is 2. The molecule has 0 radical (unpaired) electrons. The number of carbonyl (C=O) groups is 3. The van der Waals surface area contributed by atoms with Gasteiger partial charge in [-0.05, 0) is 102 Å². The Hall–Kier alpha value is -1.63. The second-order valence-corrected chi connectivity index (χ2v) is 20.9. The van der Waals surface area contributed by atoms with Crippen molar-refractivity contribution in [1.82, 2.24) is 9.80 Å². The molecular weight excluding hydrogens is 805 g/mol. The first kappa shape index (κ1) is 61.4. The predicted octanol–water partition coefficient (Wildman–Crippen LogP) is 16.8. The van der Waals surface area contributed by atoms with E-state index in [-0.39, 0.29) is 17.9 Å². The number of hydrogen-bond donors (Lipinski definition) is 0. The van der Waals surface area contributed by atoms with Crippen molar-refractivity contribution in [3.05, 3.63) is 0 Å². The van der Waals surface area contributed by atoms with Crippen molar-refractivity contribution in [1.29, 1.82) is 0 Å². The van der Waals surface area contributed by atoms with E-state index in [4.69, 9.17) is 9.47 Å². The zero-order valence-corrected chi connectivity index (χ0v) is 44.4. The molecule has 0 bridgehead atoms. The molecule has 2 atom stereocenters. The minimum atomic E-state index is -0.0133. The fourth-order valence-corrected chi connectivity index (χ4v) is 10.1. The summed E-state index contributed by atoms with van der Waals surface area (Å²) in [6.07, 6.45) is 47.9. The number of amides is 1. The Balaban J connectivity index is 2.43. The average molecular weight is 918 g/mol. The first-order valence-corrected chi connectivity index (χ1v) is 29.1. The maximum atomic E-state index is 13.8. The smallest absolute Gasteiger partial charge is 0.305 e. The molecule has 1 amide bonds. The molecule has 7 heteroatoms. The minimum absolute atomic E-state index is 0.0133. The third-order valence-electron chi connectivity index (χ3n) is 14.6. The standard InChI is InChI=1S/C58H112N2O5/c1-6-10-14-18-22-30-41-53(39-28-16-12-8-3)51-64-56(61)45-34-26-20-24-32-43-55(58(63)59(5)47-38-50-60-48-36-37-49-60)44-33-25-21-27-35-46-57(62)65-52-54(40-29-17-13-9-4)42-31-23-19-15-11-7-2/h53-55H,6-52H2,1-5H3. The van der Waals surface area contributed by atoms with E-state index < -0.39 is 0 Å². The van der Waals surface area contributed by atoms with Crippen LogP contribution < -0.4 is 0 Å². The normalized spacial score (nSPS) is 14.4. The number of esters is 2. The molecule has 384 valence electrons. The molecule has 0 aliphatic carbocycles. The number of hydrogen-bond acceptors (Lipinski definition) is 6. The number of rotatable bonds is 49. The van der Waals surface area contributed by atoms with Crippen LogP contribution in [0.5, 0.6) is 0 Å². The van der Waals surface area contributed by atoms with Crippen LogP contribution in [0.3, 0.4) is 0 Å². The van der Waals surface area contributed by atoms with Crippen LogP contribution in [0.1, 0.15) is 291 Å². The van der Waals surface area contributed by atoms with Crippen molar-refractivity contribution in [3.8, 4) is 0 Å². The lowest BCUT2D eigenvalue weighted by Gasteiger charge is -2.25. The van der Waals surface area contributed by atoms with Gasteiger partial charge in [0.25, 0.3) is 0 Å². The second-order valence-electron chi connectivity index (χ2n) is 20.9. The molecule has 1 rings (SSSR count). The van der Waals surface area contributed by atoms with Gasteiger partial charge in [0.15, 0.2) is 0 Å². The Morgan fingerprint density at radius 2 is 0.754 bits per heavy atom. The van der Waals surface area contributed by atoms with Crippen molar-refractivity contribution >= 4 is 17.8 Å². The van der Waals surface area contributed by atoms with Crippen LogP contribution in [0.15, 0.2) is 0 Å². The largest absolute Gasteiger partial charge is 0.465 e. The first-order valence-electron chi connectivity index (χ1n) is 29.1. The highest BCUT2D eigenvalue weighted by molar-refractivity contribution is 5.78. The Morgan fingerprint density at radius 1 is 0.431 bits per heavy atom. The summed E-state index contributed by atoms with van der Waals surface area (Å²) < 4.78 is 11.7. The molecule has 1 heterocycles. The van der Waals surface area contributed by atoms with Crippen molar-refractivity contribution in [2.24, 2.45) is 17.8 Å². The van der Waals surface area contributed by atoms with E-state index in [9.17, 15) is 14.4 Å². The van der Waals surface area contributed by atoms with Crippen molar-refractivity contribution in [2.45, 2.75) is 291 Å². The number of nitrogens with zero attached hydrogens (tertiary/aromatic N) is 2. The maximum absolute atomic E-state index is 13.8. The van der Waals surface area contributed by atoms with Gasteiger partial charge in [-0.2, -0.15) is 0 Å². The SMILES string of the molecule is CCCCCCCCC(CCCCCC)COC(=O)CCCCCCCC(CCCCCCCC(=O)OCC(CCCCCC)CCCCCCCC)C(=O)N(C)CCCN1CCCC1. The number of likely N-dealkylation sites (tertiary alicyclic amines) is 1. The third-order valence-corrected chi connectivity index (χ3v) is 14.6. The Morgan fingerprint density at radius 3 is 1.14 bits per heavy atom. The topological polar surface area (TPSA) is 76.2 Å². The van der Waals surface area contributed by atoms with Crippen molar-refractivity contribution in [2.75, 3.05) is 46.4 Å². The zero-order valence-electron chi connectivity index (χ0n) is 44.4. The van der Waals surface area contributed by atoms with Gasteiger partial charge >= 0.3 is 11.9 Å². The Labute approximate surface area is 405 Å². The minimum Gasteiger partial charge on any atom is -0.465 e. The fourth-order valence-electron chi connectivity index (χ4n) is 10.1. The molecule has 1 aliphatic heterocycles. The molecule has 0 aromatic carbocycles. The fraction of sp³-hybridized carbons (Fsp3) is 0.948. The zero-order chi connectivity index (χ0) is 47.3. The Bertz CT molecular complexity index is 1000. The summed E-state index contributed by atoms with van der Waals surface area (Å²) >= 11 is 0. The molecule has 1 fully saturated rings. The van der Waals surface area contributed by atoms with Gasteiger partial charge in [0, 0.05) is 32.4 Å². The quantitative estimate of drug-likeness (QED) is 0.0447. The molecule has 0 aromatic heterocycles. The van der Waals surface area contributed by atoms with E-state index in [2.05, 4.69) is 32.6 Å². The van der Waals surface area contributed by atoms with Crippen LogP contribution in [-0.4, -0.2) is 74.1 Å². The summed E-state index contributed by atoms with van der Waals surface area (Å²) in [5, 5.41) is 0. The second kappa shape index (κ2) is 46.1. The lowest BCUT2D eigenvalue weighted by molar-refractivity contribution is -0.146. The molecule has 2 unspecified atom stereocenters. The summed E-state index contributed by atoms with van der Waals surface area (Å²) in [6.45, 7) is 14.6. The Kier molecular flexibility index (Phi) is 43.6. The molecule has 1 saturated heterocycles. The van der Waals surface area contributed by atoms with Gasteiger partial charge in [0.1, 0.15) is 0 Å². The van der Waals surface area contributed by atoms with Gasteiger partial charge in [0.05, 0.1) is 13.2 Å². The summed E-state index contributed by atoms with van der Waals surface area (Å²) in [4.78, 5) is 43.8. The monoisotopic (exact) mass is 917 g/mol. The first-order chi connectivity index (χ1) is 31.8. The van der Waals surface area contributed by atoms with Crippen LogP contribution in [0, 0.1) is 17.8 Å². The molecule has 65 heavy (non-hydrogen) atoms. The maximum Gasteiger partial charge on any atom is 0.305 e. The van der Waals surface area contributed by atoms with Crippen molar-refractivity contribution in [3.63, 3.8) is 0 Å². The van der Waals surface area contributed by atoms with Crippen LogP contribution >= 0.6 is 0 Å². The van der Waals surface area contributed by atoms with Crippen molar-refractivity contribution < 1.29 is 23.9 Å². The lowest BCUT2D eigenvalue weighted by Crippen LogP contribution is -2.35. The van der Waals surface area contributed by atoms with Crippen LogP contribution in [0.2, 0.25) is 0 Å². The summed E-state index contributed by atoms with van der Waals surface area (Å²) in [6, 6.07) is 0. The summed E-state index contributed by atoms with van der Waals surface area (Å²) in [5.41, 5.74) is 0. The molecule has 1 aliphatic rings. The highest BCUT2D eigenvalue weighted by Gasteiger charge is 2.22. The third kappa shape index (κ3) is 38.0. The number of unbranched alkanes of at least 4 members (excludes halogenated alkanes) is 24. The molecule has 0 aromatic rings. The van der Waals surface area contributed by atoms with E-state index in [1.807, 2.05) is 11.9 Å². The van der Waals surface area contributed by atoms with Crippen LogP contribution in [-0.2, 0) is 23.9 Å². The van der Waals surface area contributed by atoms with E-state index in [1.165, 1.54) is 180 Å². The molecule has 0 saturated carbocycles. The lowest BCUT2D eigenvalue weighted by atomic mass is 9.92. The predicted molar refractivity (Wildman–Crippen MR) is 278 cm³/mol. The molecular formula is C58H112N2O5. The molecule has 0 N–H and O–H groups in total. The van der Waals surface area contributed by atoms with E-state index in [0.29, 0.717) is 43.8 Å². The summed E-state index contributed by atoms with van der Waals surface area (Å²) in [5.74, 6) is 1.43. The average Bonchev–Trinajstić information content (AvgIpc) is 3.83. The molecule has 7 nitrogen and oxygen atoms in total. The van der Waals surface area contributed by atoms with Crippen LogP contribution in [0.4, 0.5) is 0 Å². The van der Waals surface area contributed by atoms with Gasteiger partial charge in [-0.3, -0.25) is 14.4 Å². The van der Waals surface area contributed by atoms with Gasteiger partial charge < -0.3 is 19.3 Å². The van der Waals surface area contributed by atoms with Crippen LogP contribution in [0.25, 0.3) is 0 Å². The highest BCUT2D eigenvalue weighted by atomic mass is 16.5. The van der Waals surface area contributed by atoms with Gasteiger partial charge in [-0.25, -0.2) is 0 Å². The van der Waals surface area contributed by atoms with E-state index in [0.717, 1.165) is 96.6 Å². The summed E-state index contributed by atoms with van der Waals surface area (Å²) in [7, 11) is 2.02. The van der Waals surface area contributed by atoms with E-state index >= 15 is 0 Å². The van der Waals surface area contributed by atoms with Gasteiger partial charge in [0.2, 0.25) is 5.91 Å². The number of carbonyl (C=O) groups excluding carboxylic acids is 3. The van der Waals surface area contributed by atoms with Gasteiger partial charge in [-0.15, -0.1) is 0 Å². The molecule has 0 spiro atoms. The van der Waals surface area contributed by atoms with E-state index in [1.54, 1.807) is 0 Å².